The van der Waals surface area contributed by atoms with E-state index in [0.717, 1.165) is 17.9 Å². The highest BCUT2D eigenvalue weighted by Gasteiger charge is 2.10. The van der Waals surface area contributed by atoms with E-state index in [1.807, 2.05) is 31.2 Å². The fourth-order valence-electron chi connectivity index (χ4n) is 0.935. The molecule has 2 heteroatoms. The van der Waals surface area contributed by atoms with E-state index in [2.05, 4.69) is 6.92 Å². The van der Waals surface area contributed by atoms with Crippen molar-refractivity contribution >= 4 is 0 Å². The van der Waals surface area contributed by atoms with Crippen LogP contribution in [0.2, 0.25) is 0 Å². The van der Waals surface area contributed by atoms with Crippen LogP contribution in [-0.4, -0.2) is 6.79 Å². The Bertz CT molecular complexity index is 224. The molecule has 2 nitrogen and oxygen atoms in total. The summed E-state index contributed by atoms with van der Waals surface area (Å²) in [5, 5.41) is 0. The van der Waals surface area contributed by atoms with Gasteiger partial charge in [0.25, 0.3) is 0 Å². The zero-order valence-corrected chi connectivity index (χ0v) is 7.54. The van der Waals surface area contributed by atoms with Crippen LogP contribution in [0.4, 0.5) is 0 Å². The molecule has 1 aliphatic heterocycles. The van der Waals surface area contributed by atoms with Gasteiger partial charge in [-0.2, -0.15) is 0 Å². The van der Waals surface area contributed by atoms with Gasteiger partial charge in [0.05, 0.1) is 0 Å². The molecule has 0 aromatic carbocycles. The SMILES string of the molecule is C/C=C\C1=C(/C=C\CC)OCO1. The predicted molar refractivity (Wildman–Crippen MR) is 48.3 cm³/mol. The highest BCUT2D eigenvalue weighted by atomic mass is 16.7. The summed E-state index contributed by atoms with van der Waals surface area (Å²) < 4.78 is 10.5. The zero-order chi connectivity index (χ0) is 8.81. The van der Waals surface area contributed by atoms with Crippen molar-refractivity contribution in [3.05, 3.63) is 35.8 Å². The lowest BCUT2D eigenvalue weighted by Crippen LogP contribution is -1.81. The fraction of sp³-hybridized carbons (Fsp3) is 0.400. The van der Waals surface area contributed by atoms with Crippen LogP contribution >= 0.6 is 0 Å². The Labute approximate surface area is 73.2 Å². The minimum Gasteiger partial charge on any atom is -0.454 e. The van der Waals surface area contributed by atoms with Crippen LogP contribution in [0, 0.1) is 0 Å². The first-order valence-corrected chi connectivity index (χ1v) is 4.17. The second-order valence-electron chi connectivity index (χ2n) is 2.45. The zero-order valence-electron chi connectivity index (χ0n) is 7.54. The number of allylic oxidation sites excluding steroid dienone is 4. The van der Waals surface area contributed by atoms with Crippen LogP contribution in [0.1, 0.15) is 20.3 Å². The molecule has 0 aromatic rings. The van der Waals surface area contributed by atoms with E-state index in [4.69, 9.17) is 9.47 Å². The van der Waals surface area contributed by atoms with Crippen LogP contribution < -0.4 is 0 Å². The molecular weight excluding hydrogens is 152 g/mol. The molecule has 0 aromatic heterocycles. The van der Waals surface area contributed by atoms with Gasteiger partial charge in [-0.1, -0.05) is 19.1 Å². The predicted octanol–water partition coefficient (Wildman–Crippen LogP) is 2.74. The van der Waals surface area contributed by atoms with Crippen molar-refractivity contribution in [1.29, 1.82) is 0 Å². The molecule has 0 aliphatic carbocycles. The average Bonchev–Trinajstić information content (AvgIpc) is 2.50. The Morgan fingerprint density at radius 2 is 1.92 bits per heavy atom. The van der Waals surface area contributed by atoms with Crippen LogP contribution in [0.5, 0.6) is 0 Å². The van der Waals surface area contributed by atoms with Gasteiger partial charge in [0.1, 0.15) is 0 Å². The molecule has 0 fully saturated rings. The molecule has 1 aliphatic rings. The van der Waals surface area contributed by atoms with E-state index in [1.54, 1.807) is 0 Å². The van der Waals surface area contributed by atoms with E-state index in [0.29, 0.717) is 6.79 Å². The van der Waals surface area contributed by atoms with Crippen molar-refractivity contribution in [2.45, 2.75) is 20.3 Å². The topological polar surface area (TPSA) is 18.5 Å². The van der Waals surface area contributed by atoms with Crippen LogP contribution in [-0.2, 0) is 9.47 Å². The molecule has 0 amide bonds. The number of rotatable bonds is 3. The Hall–Kier alpha value is -1.18. The first-order chi connectivity index (χ1) is 5.88. The summed E-state index contributed by atoms with van der Waals surface area (Å²) in [7, 11) is 0. The highest BCUT2D eigenvalue weighted by molar-refractivity contribution is 5.25. The van der Waals surface area contributed by atoms with Crippen molar-refractivity contribution in [2.24, 2.45) is 0 Å². The summed E-state index contributed by atoms with van der Waals surface area (Å²) in [6, 6.07) is 0. The van der Waals surface area contributed by atoms with Gasteiger partial charge in [-0.3, -0.25) is 0 Å². The summed E-state index contributed by atoms with van der Waals surface area (Å²) >= 11 is 0. The highest BCUT2D eigenvalue weighted by Crippen LogP contribution is 2.18. The molecule has 0 unspecified atom stereocenters. The summed E-state index contributed by atoms with van der Waals surface area (Å²) in [6.07, 6.45) is 8.85. The van der Waals surface area contributed by atoms with Gasteiger partial charge in [-0.05, 0) is 25.5 Å². The molecule has 0 N–H and O–H groups in total. The normalized spacial score (nSPS) is 17.5. The molecule has 0 bridgehead atoms. The summed E-state index contributed by atoms with van der Waals surface area (Å²) in [6.45, 7) is 4.38. The third-order valence-electron chi connectivity index (χ3n) is 1.49. The molecule has 0 saturated carbocycles. The van der Waals surface area contributed by atoms with Gasteiger partial charge in [-0.25, -0.2) is 0 Å². The lowest BCUT2D eigenvalue weighted by atomic mass is 10.3. The second-order valence-corrected chi connectivity index (χ2v) is 2.45. The Morgan fingerprint density at radius 3 is 2.50 bits per heavy atom. The van der Waals surface area contributed by atoms with Gasteiger partial charge in [-0.15, -0.1) is 0 Å². The lowest BCUT2D eigenvalue weighted by molar-refractivity contribution is 0.0778. The van der Waals surface area contributed by atoms with Crippen LogP contribution in [0.25, 0.3) is 0 Å². The summed E-state index contributed by atoms with van der Waals surface area (Å²) in [4.78, 5) is 0. The van der Waals surface area contributed by atoms with Crippen LogP contribution in [0.15, 0.2) is 35.8 Å². The maximum atomic E-state index is 5.24. The standard InChI is InChI=1S/C10H14O2/c1-3-5-7-10-9(6-4-2)11-8-12-10/h4-7H,3,8H2,1-2H3/b6-4-,7-5-. The first kappa shape index (κ1) is 8.91. The van der Waals surface area contributed by atoms with Crippen molar-refractivity contribution < 1.29 is 9.47 Å². The lowest BCUT2D eigenvalue weighted by Gasteiger charge is -1.91. The Balaban J connectivity index is 2.69. The molecule has 1 rings (SSSR count). The van der Waals surface area contributed by atoms with Crippen molar-refractivity contribution in [1.82, 2.24) is 0 Å². The molecule has 0 atom stereocenters. The van der Waals surface area contributed by atoms with Crippen LogP contribution in [0.3, 0.4) is 0 Å². The Kier molecular flexibility index (Phi) is 3.45. The molecule has 0 saturated heterocycles. The minimum absolute atomic E-state index is 0.336. The third-order valence-corrected chi connectivity index (χ3v) is 1.49. The Morgan fingerprint density at radius 1 is 1.25 bits per heavy atom. The van der Waals surface area contributed by atoms with Gasteiger partial charge < -0.3 is 9.47 Å². The molecule has 66 valence electrons. The maximum Gasteiger partial charge on any atom is 0.231 e. The molecule has 0 spiro atoms. The van der Waals surface area contributed by atoms with Gasteiger partial charge in [0.15, 0.2) is 11.5 Å². The second kappa shape index (κ2) is 4.65. The number of hydrogen-bond acceptors (Lipinski definition) is 2. The first-order valence-electron chi connectivity index (χ1n) is 4.17. The van der Waals surface area contributed by atoms with Crippen molar-refractivity contribution in [3.63, 3.8) is 0 Å². The maximum absolute atomic E-state index is 5.24. The van der Waals surface area contributed by atoms with Gasteiger partial charge in [0.2, 0.25) is 6.79 Å². The van der Waals surface area contributed by atoms with Gasteiger partial charge >= 0.3 is 0 Å². The third kappa shape index (κ3) is 2.16. The summed E-state index contributed by atoms with van der Waals surface area (Å²) in [5.41, 5.74) is 0. The molecule has 12 heavy (non-hydrogen) atoms. The molecule has 0 radical (unpaired) electrons. The monoisotopic (exact) mass is 166 g/mol. The van der Waals surface area contributed by atoms with E-state index < -0.39 is 0 Å². The number of ether oxygens (including phenoxy) is 2. The largest absolute Gasteiger partial charge is 0.454 e. The van der Waals surface area contributed by atoms with E-state index in [1.165, 1.54) is 0 Å². The van der Waals surface area contributed by atoms with Crippen molar-refractivity contribution in [3.8, 4) is 0 Å². The fourth-order valence-corrected chi connectivity index (χ4v) is 0.935. The quantitative estimate of drug-likeness (QED) is 0.641. The summed E-state index contributed by atoms with van der Waals surface area (Å²) in [5.74, 6) is 1.65. The molecule has 1 heterocycles. The average molecular weight is 166 g/mol. The van der Waals surface area contributed by atoms with E-state index in [9.17, 15) is 0 Å². The number of hydrogen-bond donors (Lipinski definition) is 0. The van der Waals surface area contributed by atoms with Gasteiger partial charge in [0, 0.05) is 0 Å². The van der Waals surface area contributed by atoms with Crippen molar-refractivity contribution in [2.75, 3.05) is 6.79 Å². The smallest absolute Gasteiger partial charge is 0.231 e. The van der Waals surface area contributed by atoms with E-state index in [-0.39, 0.29) is 0 Å². The van der Waals surface area contributed by atoms with E-state index >= 15 is 0 Å². The molecular formula is C10H14O2. The minimum atomic E-state index is 0.336.